The molecule has 0 saturated carbocycles. The summed E-state index contributed by atoms with van der Waals surface area (Å²) in [5.41, 5.74) is 2.65. The Kier molecular flexibility index (Phi) is 6.62. The summed E-state index contributed by atoms with van der Waals surface area (Å²) in [4.78, 5) is 3.73. The van der Waals surface area contributed by atoms with Crippen LogP contribution in [-0.2, 0) is 11.2 Å². The first-order valence-corrected chi connectivity index (χ1v) is 9.99. The molecule has 132 valence electrons. The summed E-state index contributed by atoms with van der Waals surface area (Å²) in [5.74, 6) is 0. The van der Waals surface area contributed by atoms with Gasteiger partial charge in [0.1, 0.15) is 0 Å². The molecule has 3 heteroatoms. The van der Waals surface area contributed by atoms with Crippen LogP contribution in [0.25, 0.3) is 20.5 Å². The third-order valence-corrected chi connectivity index (χ3v) is 5.79. The van der Waals surface area contributed by atoms with E-state index >= 15 is 0 Å². The maximum atomic E-state index is 5.82. The molecule has 1 heterocycles. The highest BCUT2D eigenvalue weighted by Crippen LogP contribution is 2.33. The Morgan fingerprint density at radius 1 is 0.920 bits per heavy atom. The van der Waals surface area contributed by atoms with Crippen LogP contribution in [0.2, 0.25) is 0 Å². The largest absolute Gasteiger partial charge is 0.380 e. The first-order chi connectivity index (χ1) is 12.3. The van der Waals surface area contributed by atoms with Gasteiger partial charge in [-0.25, -0.2) is 0 Å². The van der Waals surface area contributed by atoms with Gasteiger partial charge in [0.15, 0.2) is 0 Å². The third kappa shape index (κ3) is 4.91. The average molecular weight is 354 g/mol. The molecule has 2 nitrogen and oxygen atoms in total. The average Bonchev–Trinajstić information content (AvgIpc) is 3.09. The van der Waals surface area contributed by atoms with Crippen LogP contribution in [0, 0.1) is 0 Å². The normalized spacial score (nSPS) is 11.5. The number of hydrogen-bond donors (Lipinski definition) is 0. The van der Waals surface area contributed by atoms with Crippen molar-refractivity contribution in [3.63, 3.8) is 0 Å². The summed E-state index contributed by atoms with van der Waals surface area (Å²) in [6, 6.07) is 19.7. The van der Waals surface area contributed by atoms with E-state index < -0.39 is 0 Å². The van der Waals surface area contributed by atoms with Gasteiger partial charge in [0.05, 0.1) is 13.2 Å². The van der Waals surface area contributed by atoms with Crippen LogP contribution in [0.5, 0.6) is 0 Å². The zero-order chi connectivity index (χ0) is 17.5. The van der Waals surface area contributed by atoms with Crippen LogP contribution >= 0.6 is 11.3 Å². The molecule has 0 unspecified atom stereocenters. The molecule has 0 aliphatic rings. The summed E-state index contributed by atoms with van der Waals surface area (Å²) in [6.07, 6.45) is 0.977. The topological polar surface area (TPSA) is 12.5 Å². The quantitative estimate of drug-likeness (QED) is 0.473. The lowest BCUT2D eigenvalue weighted by atomic mass is 10.1. The summed E-state index contributed by atoms with van der Waals surface area (Å²) in [5, 5.41) is 1.34. The van der Waals surface area contributed by atoms with Crippen molar-refractivity contribution in [1.82, 2.24) is 4.90 Å². The van der Waals surface area contributed by atoms with Gasteiger partial charge in [-0.1, -0.05) is 56.3 Å². The van der Waals surface area contributed by atoms with E-state index in [0.717, 1.165) is 39.3 Å². The van der Waals surface area contributed by atoms with Crippen molar-refractivity contribution in [2.24, 2.45) is 0 Å². The Labute approximate surface area is 155 Å². The van der Waals surface area contributed by atoms with E-state index in [-0.39, 0.29) is 0 Å². The van der Waals surface area contributed by atoms with E-state index in [2.05, 4.69) is 73.3 Å². The van der Waals surface area contributed by atoms with Crippen molar-refractivity contribution in [3.05, 3.63) is 60.2 Å². The zero-order valence-electron chi connectivity index (χ0n) is 15.2. The first kappa shape index (κ1) is 18.1. The molecule has 2 aromatic carbocycles. The second kappa shape index (κ2) is 9.14. The van der Waals surface area contributed by atoms with Gasteiger partial charge in [0, 0.05) is 16.1 Å². The standard InChI is InChI=1S/C22H27NOS/c1-3-23(4-2)13-15-24-14-12-18-10-11-21-20(16-18)17-22(25-21)19-8-6-5-7-9-19/h5-11,16-17H,3-4,12-15H2,1-2H3. The van der Waals surface area contributed by atoms with E-state index in [1.165, 1.54) is 26.1 Å². The molecule has 1 aromatic heterocycles. The Balaban J connectivity index is 1.56. The molecule has 3 aromatic rings. The minimum atomic E-state index is 0.794. The van der Waals surface area contributed by atoms with Crippen molar-refractivity contribution in [1.29, 1.82) is 0 Å². The van der Waals surface area contributed by atoms with Gasteiger partial charge in [0.2, 0.25) is 0 Å². The molecule has 25 heavy (non-hydrogen) atoms. The number of ether oxygens (including phenoxy) is 1. The fourth-order valence-corrected chi connectivity index (χ4v) is 4.07. The third-order valence-electron chi connectivity index (χ3n) is 4.62. The predicted molar refractivity (Wildman–Crippen MR) is 110 cm³/mol. The van der Waals surface area contributed by atoms with Gasteiger partial charge < -0.3 is 9.64 Å². The molecule has 0 amide bonds. The van der Waals surface area contributed by atoms with Gasteiger partial charge in [0.25, 0.3) is 0 Å². The van der Waals surface area contributed by atoms with Gasteiger partial charge in [-0.2, -0.15) is 0 Å². The van der Waals surface area contributed by atoms with Gasteiger partial charge in [-0.3, -0.25) is 0 Å². The molecule has 0 atom stereocenters. The number of thiophene rings is 1. The molecule has 0 bridgehead atoms. The molecule has 0 aliphatic carbocycles. The smallest absolute Gasteiger partial charge is 0.0593 e. The number of hydrogen-bond acceptors (Lipinski definition) is 3. The number of fused-ring (bicyclic) bond motifs is 1. The highest BCUT2D eigenvalue weighted by molar-refractivity contribution is 7.22. The Bertz CT molecular complexity index is 777. The predicted octanol–water partition coefficient (Wildman–Crippen LogP) is 5.47. The van der Waals surface area contributed by atoms with Gasteiger partial charge >= 0.3 is 0 Å². The summed E-state index contributed by atoms with van der Waals surface area (Å²) in [7, 11) is 0. The molecule has 0 radical (unpaired) electrons. The van der Waals surface area contributed by atoms with E-state index in [1.807, 2.05) is 11.3 Å². The fourth-order valence-electron chi connectivity index (χ4n) is 3.02. The molecule has 0 N–H and O–H groups in total. The zero-order valence-corrected chi connectivity index (χ0v) is 16.0. The van der Waals surface area contributed by atoms with Crippen LogP contribution in [0.4, 0.5) is 0 Å². The van der Waals surface area contributed by atoms with Crippen LogP contribution < -0.4 is 0 Å². The van der Waals surface area contributed by atoms with Crippen molar-refractivity contribution >= 4 is 21.4 Å². The van der Waals surface area contributed by atoms with Crippen molar-refractivity contribution in [2.45, 2.75) is 20.3 Å². The van der Waals surface area contributed by atoms with E-state index in [4.69, 9.17) is 4.74 Å². The minimum Gasteiger partial charge on any atom is -0.380 e. The number of likely N-dealkylation sites (N-methyl/N-ethyl adjacent to an activating group) is 1. The number of rotatable bonds is 9. The molecular weight excluding hydrogens is 326 g/mol. The van der Waals surface area contributed by atoms with Crippen LogP contribution in [0.15, 0.2) is 54.6 Å². The van der Waals surface area contributed by atoms with Crippen LogP contribution in [-0.4, -0.2) is 37.7 Å². The second-order valence-electron chi connectivity index (χ2n) is 6.24. The Morgan fingerprint density at radius 3 is 2.48 bits per heavy atom. The Hall–Kier alpha value is -1.68. The number of nitrogens with zero attached hydrogens (tertiary/aromatic N) is 1. The summed E-state index contributed by atoms with van der Waals surface area (Å²) >= 11 is 1.86. The van der Waals surface area contributed by atoms with Crippen LogP contribution in [0.1, 0.15) is 19.4 Å². The van der Waals surface area contributed by atoms with Gasteiger partial charge in [-0.15, -0.1) is 11.3 Å². The van der Waals surface area contributed by atoms with E-state index in [9.17, 15) is 0 Å². The molecule has 0 aliphatic heterocycles. The lowest BCUT2D eigenvalue weighted by molar-refractivity contribution is 0.109. The molecule has 0 saturated heterocycles. The van der Waals surface area contributed by atoms with Gasteiger partial charge in [-0.05, 0) is 48.2 Å². The molecule has 0 spiro atoms. The minimum absolute atomic E-state index is 0.794. The fraction of sp³-hybridized carbons (Fsp3) is 0.364. The van der Waals surface area contributed by atoms with Crippen LogP contribution in [0.3, 0.4) is 0 Å². The lowest BCUT2D eigenvalue weighted by Gasteiger charge is -2.17. The highest BCUT2D eigenvalue weighted by atomic mass is 32.1. The Morgan fingerprint density at radius 2 is 1.72 bits per heavy atom. The lowest BCUT2D eigenvalue weighted by Crippen LogP contribution is -2.27. The monoisotopic (exact) mass is 353 g/mol. The molecular formula is C22H27NOS. The number of benzene rings is 2. The first-order valence-electron chi connectivity index (χ1n) is 9.18. The maximum Gasteiger partial charge on any atom is 0.0593 e. The summed E-state index contributed by atoms with van der Waals surface area (Å²) < 4.78 is 7.17. The second-order valence-corrected chi connectivity index (χ2v) is 7.32. The van der Waals surface area contributed by atoms with E-state index in [1.54, 1.807) is 0 Å². The SMILES string of the molecule is CCN(CC)CCOCCc1ccc2sc(-c3ccccc3)cc2c1. The highest BCUT2D eigenvalue weighted by Gasteiger charge is 2.05. The van der Waals surface area contributed by atoms with Crippen molar-refractivity contribution < 1.29 is 4.74 Å². The van der Waals surface area contributed by atoms with E-state index in [0.29, 0.717) is 0 Å². The van der Waals surface area contributed by atoms with Crippen molar-refractivity contribution in [2.75, 3.05) is 32.8 Å². The maximum absolute atomic E-state index is 5.82. The van der Waals surface area contributed by atoms with Crippen molar-refractivity contribution in [3.8, 4) is 10.4 Å². The molecule has 3 rings (SSSR count). The summed E-state index contributed by atoms with van der Waals surface area (Å²) in [6.45, 7) is 9.23. The molecule has 0 fully saturated rings.